The largest absolute Gasteiger partial charge is 0.493 e. The van der Waals surface area contributed by atoms with Crippen molar-refractivity contribution in [3.05, 3.63) is 79.7 Å². The van der Waals surface area contributed by atoms with Gasteiger partial charge in [0, 0.05) is 12.6 Å². The van der Waals surface area contributed by atoms with E-state index in [4.69, 9.17) is 18.9 Å². The van der Waals surface area contributed by atoms with Crippen LogP contribution in [0.4, 0.5) is 5.69 Å². The van der Waals surface area contributed by atoms with E-state index in [0.717, 1.165) is 16.9 Å². The van der Waals surface area contributed by atoms with Crippen molar-refractivity contribution in [2.75, 3.05) is 27.9 Å². The highest BCUT2D eigenvalue weighted by Crippen LogP contribution is 2.27. The number of carbonyl (C=O) groups is 2. The summed E-state index contributed by atoms with van der Waals surface area (Å²) in [6.07, 6.45) is 0.509. The zero-order valence-electron chi connectivity index (χ0n) is 19.9. The molecule has 0 aliphatic carbocycles. The Morgan fingerprint density at radius 1 is 0.943 bits per heavy atom. The van der Waals surface area contributed by atoms with E-state index in [2.05, 4.69) is 4.99 Å². The molecule has 0 spiro atoms. The number of rotatable bonds is 9. The van der Waals surface area contributed by atoms with Crippen LogP contribution >= 0.6 is 11.3 Å². The van der Waals surface area contributed by atoms with E-state index < -0.39 is 11.9 Å². The van der Waals surface area contributed by atoms with Crippen molar-refractivity contribution in [1.82, 2.24) is 4.57 Å². The van der Waals surface area contributed by atoms with Gasteiger partial charge in [0.1, 0.15) is 4.88 Å². The lowest BCUT2D eigenvalue weighted by Gasteiger charge is -2.11. The molecule has 1 aromatic heterocycles. The second kappa shape index (κ2) is 12.0. The Hall–Kier alpha value is -3.92. The van der Waals surface area contributed by atoms with Crippen molar-refractivity contribution in [2.45, 2.75) is 19.9 Å². The molecule has 0 saturated carbocycles. The summed E-state index contributed by atoms with van der Waals surface area (Å²) in [5.41, 5.74) is 1.45. The molecule has 3 rings (SSSR count). The summed E-state index contributed by atoms with van der Waals surface area (Å²) in [6, 6.07) is 13.3. The number of nitrogens with zero attached hydrogens (tertiary/aromatic N) is 2. The lowest BCUT2D eigenvalue weighted by atomic mass is 10.1. The number of methoxy groups -OCH3 is 3. The zero-order valence-corrected chi connectivity index (χ0v) is 20.7. The maximum atomic E-state index is 12.9. The van der Waals surface area contributed by atoms with E-state index in [-0.39, 0.29) is 17.0 Å². The number of aromatic nitrogens is 1. The molecular weight excluding hydrogens is 472 g/mol. The molecule has 0 unspecified atom stereocenters. The quantitative estimate of drug-likeness (QED) is 0.417. The van der Waals surface area contributed by atoms with Crippen molar-refractivity contribution >= 4 is 29.0 Å². The summed E-state index contributed by atoms with van der Waals surface area (Å²) in [5.74, 6) is 0.155. The van der Waals surface area contributed by atoms with Crippen molar-refractivity contribution in [3.8, 4) is 11.5 Å². The number of carbonyl (C=O) groups excluding carboxylic acids is 2. The Labute approximate surface area is 206 Å². The fraction of sp³-hybridized carbons (Fsp3) is 0.280. The van der Waals surface area contributed by atoms with Crippen LogP contribution in [0.3, 0.4) is 0 Å². The van der Waals surface area contributed by atoms with Gasteiger partial charge in [-0.2, -0.15) is 0 Å². The van der Waals surface area contributed by atoms with Crippen molar-refractivity contribution in [1.29, 1.82) is 0 Å². The topological polar surface area (TPSA) is 105 Å². The summed E-state index contributed by atoms with van der Waals surface area (Å²) in [7, 11) is 4.38. The molecule has 0 amide bonds. The standard InChI is InChI=1S/C25H26N2O7S/c1-5-34-23(29)17-7-9-18(10-8-17)26-25-27(22(28)15-21(35-25)24(30)33-4)13-12-16-6-11-19(31-2)20(14-16)32-3/h6-11,14-15H,5,12-13H2,1-4H3. The minimum Gasteiger partial charge on any atom is -0.493 e. The smallest absolute Gasteiger partial charge is 0.348 e. The average molecular weight is 499 g/mol. The molecule has 10 heteroatoms. The minimum absolute atomic E-state index is 0.141. The number of esters is 2. The molecule has 35 heavy (non-hydrogen) atoms. The van der Waals surface area contributed by atoms with Crippen LogP contribution in [0.2, 0.25) is 0 Å². The van der Waals surface area contributed by atoms with E-state index >= 15 is 0 Å². The van der Waals surface area contributed by atoms with E-state index in [9.17, 15) is 14.4 Å². The minimum atomic E-state index is -0.617. The van der Waals surface area contributed by atoms with Gasteiger partial charge in [0.05, 0.1) is 39.2 Å². The number of hydrogen-bond donors (Lipinski definition) is 0. The van der Waals surface area contributed by atoms with E-state index in [1.165, 1.54) is 17.7 Å². The van der Waals surface area contributed by atoms with Crippen molar-refractivity contribution in [3.63, 3.8) is 0 Å². The van der Waals surface area contributed by atoms with Crippen LogP contribution in [0.15, 0.2) is 58.3 Å². The number of ether oxygens (including phenoxy) is 4. The third-order valence-electron chi connectivity index (χ3n) is 5.01. The highest BCUT2D eigenvalue weighted by atomic mass is 32.1. The molecule has 0 aliphatic rings. The third-order valence-corrected chi connectivity index (χ3v) is 6.01. The van der Waals surface area contributed by atoms with Gasteiger partial charge in [0.2, 0.25) is 0 Å². The van der Waals surface area contributed by atoms with Crippen LogP contribution in [0, 0.1) is 0 Å². The fourth-order valence-corrected chi connectivity index (χ4v) is 4.20. The lowest BCUT2D eigenvalue weighted by Crippen LogP contribution is -2.33. The van der Waals surface area contributed by atoms with Crippen molar-refractivity contribution < 1.29 is 28.5 Å². The number of hydrogen-bond acceptors (Lipinski definition) is 9. The molecule has 9 nitrogen and oxygen atoms in total. The Kier molecular flexibility index (Phi) is 8.80. The number of aryl methyl sites for hydroxylation is 1. The molecule has 0 N–H and O–H groups in total. The van der Waals surface area contributed by atoms with E-state index in [1.807, 2.05) is 12.1 Å². The molecule has 0 bridgehead atoms. The van der Waals surface area contributed by atoms with Gasteiger partial charge in [-0.15, -0.1) is 0 Å². The maximum absolute atomic E-state index is 12.9. The summed E-state index contributed by atoms with van der Waals surface area (Å²) < 4.78 is 21.9. The molecule has 3 aromatic rings. The van der Waals surface area contributed by atoms with Crippen LogP contribution in [-0.4, -0.2) is 44.4 Å². The Bertz CT molecular complexity index is 1330. The normalized spacial score (nSPS) is 11.1. The van der Waals surface area contributed by atoms with Crippen LogP contribution in [0.1, 0.15) is 32.5 Å². The first-order chi connectivity index (χ1) is 16.9. The number of benzene rings is 2. The van der Waals surface area contributed by atoms with E-state index in [0.29, 0.717) is 40.5 Å². The van der Waals surface area contributed by atoms with Gasteiger partial charge >= 0.3 is 11.9 Å². The molecule has 0 atom stereocenters. The fourth-order valence-electron chi connectivity index (χ4n) is 3.23. The average Bonchev–Trinajstić information content (AvgIpc) is 2.87. The second-order valence-corrected chi connectivity index (χ2v) is 8.20. The second-order valence-electron chi connectivity index (χ2n) is 7.19. The Morgan fingerprint density at radius 2 is 1.66 bits per heavy atom. The molecule has 184 valence electrons. The first kappa shape index (κ1) is 25.7. The van der Waals surface area contributed by atoms with Gasteiger partial charge in [0.15, 0.2) is 16.3 Å². The Balaban J connectivity index is 1.99. The highest BCUT2D eigenvalue weighted by Gasteiger charge is 2.13. The van der Waals surface area contributed by atoms with Crippen molar-refractivity contribution in [2.24, 2.45) is 4.99 Å². The van der Waals surface area contributed by atoms with Gasteiger partial charge in [-0.3, -0.25) is 9.36 Å². The molecule has 0 fully saturated rings. The summed E-state index contributed by atoms with van der Waals surface area (Å²) >= 11 is 1.04. The van der Waals surface area contributed by atoms with Crippen LogP contribution in [0.5, 0.6) is 11.5 Å². The molecular formula is C25H26N2O7S. The summed E-state index contributed by atoms with van der Waals surface area (Å²) in [5, 5.41) is 0. The van der Waals surface area contributed by atoms with E-state index in [1.54, 1.807) is 51.5 Å². The molecule has 2 aromatic carbocycles. The lowest BCUT2D eigenvalue weighted by molar-refractivity contribution is 0.0525. The van der Waals surface area contributed by atoms with Gasteiger partial charge < -0.3 is 18.9 Å². The van der Waals surface area contributed by atoms with Gasteiger partial charge in [-0.05, 0) is 55.3 Å². The molecule has 0 saturated heterocycles. The zero-order chi connectivity index (χ0) is 25.4. The predicted octanol–water partition coefficient (Wildman–Crippen LogP) is 3.37. The first-order valence-corrected chi connectivity index (χ1v) is 11.6. The molecule has 1 heterocycles. The van der Waals surface area contributed by atoms with Gasteiger partial charge in [0.25, 0.3) is 5.56 Å². The van der Waals surface area contributed by atoms with Crippen LogP contribution in [0.25, 0.3) is 0 Å². The SMILES string of the molecule is CCOC(=O)c1ccc(N=c2sc(C(=O)OC)cc(=O)n2CCc2ccc(OC)c(OC)c2)cc1. The monoisotopic (exact) mass is 498 g/mol. The highest BCUT2D eigenvalue weighted by molar-refractivity contribution is 7.11. The third kappa shape index (κ3) is 6.36. The van der Waals surface area contributed by atoms with Gasteiger partial charge in [-0.1, -0.05) is 17.4 Å². The first-order valence-electron chi connectivity index (χ1n) is 10.8. The predicted molar refractivity (Wildman–Crippen MR) is 131 cm³/mol. The molecule has 0 aliphatic heterocycles. The molecule has 0 radical (unpaired) electrons. The Morgan fingerprint density at radius 3 is 2.29 bits per heavy atom. The maximum Gasteiger partial charge on any atom is 0.348 e. The summed E-state index contributed by atoms with van der Waals surface area (Å²) in [4.78, 5) is 42.0. The van der Waals surface area contributed by atoms with Crippen LogP contribution < -0.4 is 19.8 Å². The van der Waals surface area contributed by atoms with Crippen LogP contribution in [-0.2, 0) is 22.4 Å². The van der Waals surface area contributed by atoms with Gasteiger partial charge in [-0.25, -0.2) is 14.6 Å². The summed E-state index contributed by atoms with van der Waals surface area (Å²) in [6.45, 7) is 2.32.